The fraction of sp³-hybridized carbons (Fsp3) is 0.357. The zero-order valence-electron chi connectivity index (χ0n) is 10.9. The number of carboxylic acid groups (broad SMARTS) is 1. The number of carbonyl (C=O) groups excluding carboxylic acids is 1. The van der Waals surface area contributed by atoms with Crippen LogP contribution in [-0.2, 0) is 4.79 Å². The summed E-state index contributed by atoms with van der Waals surface area (Å²) in [6.45, 7) is 3.58. The Balaban J connectivity index is 2.88. The van der Waals surface area contributed by atoms with E-state index in [2.05, 4.69) is 11.4 Å². The summed E-state index contributed by atoms with van der Waals surface area (Å²) >= 11 is 0. The van der Waals surface area contributed by atoms with E-state index in [1.54, 1.807) is 13.8 Å². The third-order valence-corrected chi connectivity index (χ3v) is 3.25. The summed E-state index contributed by atoms with van der Waals surface area (Å²) in [5, 5.41) is 20.6. The van der Waals surface area contributed by atoms with E-state index in [0.717, 1.165) is 0 Å². The fourth-order valence-electron chi connectivity index (χ4n) is 1.73. The maximum atomic E-state index is 12.1. The summed E-state index contributed by atoms with van der Waals surface area (Å²) in [5.74, 6) is -1.38. The SMILES string of the molecule is CCC(C#N)(CC)C(=O)Nc1ccc(C(=O)O)cc1. The Labute approximate surface area is 111 Å². The Hall–Kier alpha value is -2.35. The highest BCUT2D eigenvalue weighted by Crippen LogP contribution is 2.27. The van der Waals surface area contributed by atoms with Crippen LogP contribution in [0, 0.1) is 16.7 Å². The van der Waals surface area contributed by atoms with Crippen molar-refractivity contribution in [3.8, 4) is 6.07 Å². The second-order valence-electron chi connectivity index (χ2n) is 4.24. The zero-order chi connectivity index (χ0) is 14.5. The molecule has 1 aromatic rings. The van der Waals surface area contributed by atoms with Gasteiger partial charge in [-0.3, -0.25) is 4.79 Å². The van der Waals surface area contributed by atoms with Crippen molar-refractivity contribution in [3.63, 3.8) is 0 Å². The minimum absolute atomic E-state index is 0.149. The van der Waals surface area contributed by atoms with Gasteiger partial charge >= 0.3 is 5.97 Å². The predicted octanol–water partition coefficient (Wildman–Crippen LogP) is 2.65. The lowest BCUT2D eigenvalue weighted by Crippen LogP contribution is -2.33. The first-order valence-corrected chi connectivity index (χ1v) is 6.05. The number of hydrogen-bond donors (Lipinski definition) is 2. The molecule has 1 aromatic carbocycles. The van der Waals surface area contributed by atoms with Crippen LogP contribution in [0.25, 0.3) is 0 Å². The maximum absolute atomic E-state index is 12.1. The first kappa shape index (κ1) is 14.7. The molecule has 0 saturated heterocycles. The Kier molecular flexibility index (Phi) is 4.65. The molecule has 19 heavy (non-hydrogen) atoms. The molecule has 0 aromatic heterocycles. The number of amides is 1. The highest BCUT2D eigenvalue weighted by Gasteiger charge is 2.34. The van der Waals surface area contributed by atoms with Gasteiger partial charge in [0, 0.05) is 5.69 Å². The predicted molar refractivity (Wildman–Crippen MR) is 70.7 cm³/mol. The van der Waals surface area contributed by atoms with Crippen molar-refractivity contribution in [3.05, 3.63) is 29.8 Å². The van der Waals surface area contributed by atoms with E-state index in [0.29, 0.717) is 18.5 Å². The lowest BCUT2D eigenvalue weighted by molar-refractivity contribution is -0.123. The summed E-state index contributed by atoms with van der Waals surface area (Å²) < 4.78 is 0. The molecule has 0 atom stereocenters. The molecule has 100 valence electrons. The summed E-state index contributed by atoms with van der Waals surface area (Å²) in [7, 11) is 0. The van der Waals surface area contributed by atoms with E-state index < -0.39 is 11.4 Å². The standard InChI is InChI=1S/C14H16N2O3/c1-3-14(4-2,9-15)13(19)16-11-7-5-10(6-8-11)12(17)18/h5-8H,3-4H2,1-2H3,(H,16,19)(H,17,18). The van der Waals surface area contributed by atoms with Crippen LogP contribution in [-0.4, -0.2) is 17.0 Å². The third-order valence-electron chi connectivity index (χ3n) is 3.25. The maximum Gasteiger partial charge on any atom is 0.335 e. The van der Waals surface area contributed by atoms with Gasteiger partial charge in [0.15, 0.2) is 0 Å². The minimum Gasteiger partial charge on any atom is -0.478 e. The van der Waals surface area contributed by atoms with E-state index in [1.165, 1.54) is 24.3 Å². The molecular formula is C14H16N2O3. The monoisotopic (exact) mass is 260 g/mol. The van der Waals surface area contributed by atoms with Crippen LogP contribution in [0.1, 0.15) is 37.0 Å². The quantitative estimate of drug-likeness (QED) is 0.851. The summed E-state index contributed by atoms with van der Waals surface area (Å²) in [4.78, 5) is 22.8. The van der Waals surface area contributed by atoms with E-state index in [9.17, 15) is 9.59 Å². The van der Waals surface area contributed by atoms with Crippen molar-refractivity contribution < 1.29 is 14.7 Å². The molecule has 5 nitrogen and oxygen atoms in total. The van der Waals surface area contributed by atoms with Crippen molar-refractivity contribution in [2.45, 2.75) is 26.7 Å². The summed E-state index contributed by atoms with van der Waals surface area (Å²) in [6.07, 6.45) is 0.859. The van der Waals surface area contributed by atoms with Gasteiger partial charge in [0.2, 0.25) is 5.91 Å². The van der Waals surface area contributed by atoms with E-state index in [1.807, 2.05) is 0 Å². The van der Waals surface area contributed by atoms with E-state index >= 15 is 0 Å². The van der Waals surface area contributed by atoms with E-state index in [4.69, 9.17) is 10.4 Å². The van der Waals surface area contributed by atoms with Crippen LogP contribution < -0.4 is 5.32 Å². The largest absolute Gasteiger partial charge is 0.478 e. The lowest BCUT2D eigenvalue weighted by Gasteiger charge is -2.22. The van der Waals surface area contributed by atoms with Crippen LogP contribution in [0.2, 0.25) is 0 Å². The van der Waals surface area contributed by atoms with Gasteiger partial charge in [-0.1, -0.05) is 13.8 Å². The number of carboxylic acids is 1. The number of anilines is 1. The number of rotatable bonds is 5. The number of benzene rings is 1. The molecule has 0 bridgehead atoms. The van der Waals surface area contributed by atoms with Crippen LogP contribution in [0.3, 0.4) is 0 Å². The van der Waals surface area contributed by atoms with Crippen molar-refractivity contribution in [1.82, 2.24) is 0 Å². The normalized spacial score (nSPS) is 10.6. The van der Waals surface area contributed by atoms with Gasteiger partial charge in [0.25, 0.3) is 0 Å². The number of aromatic carboxylic acids is 1. The van der Waals surface area contributed by atoms with Crippen LogP contribution in [0.15, 0.2) is 24.3 Å². The highest BCUT2D eigenvalue weighted by atomic mass is 16.4. The highest BCUT2D eigenvalue weighted by molar-refractivity contribution is 5.97. The second kappa shape index (κ2) is 6.01. The average molecular weight is 260 g/mol. The van der Waals surface area contributed by atoms with Crippen molar-refractivity contribution in [1.29, 1.82) is 5.26 Å². The van der Waals surface area contributed by atoms with Gasteiger partial charge in [-0.05, 0) is 37.1 Å². The molecule has 0 aliphatic carbocycles. The van der Waals surface area contributed by atoms with E-state index in [-0.39, 0.29) is 11.5 Å². The Morgan fingerprint density at radius 3 is 2.16 bits per heavy atom. The second-order valence-corrected chi connectivity index (χ2v) is 4.24. The Bertz CT molecular complexity index is 510. The zero-order valence-corrected chi connectivity index (χ0v) is 10.9. The van der Waals surface area contributed by atoms with Crippen LogP contribution in [0.5, 0.6) is 0 Å². The number of nitriles is 1. The molecular weight excluding hydrogens is 244 g/mol. The minimum atomic E-state index is -1.04. The molecule has 0 radical (unpaired) electrons. The topological polar surface area (TPSA) is 90.2 Å². The molecule has 0 fully saturated rings. The van der Waals surface area contributed by atoms with Crippen molar-refractivity contribution in [2.75, 3.05) is 5.32 Å². The lowest BCUT2D eigenvalue weighted by atomic mass is 9.83. The molecule has 1 rings (SSSR count). The molecule has 0 aliphatic heterocycles. The van der Waals surface area contributed by atoms with Crippen LogP contribution in [0.4, 0.5) is 5.69 Å². The molecule has 5 heteroatoms. The summed E-state index contributed by atoms with van der Waals surface area (Å²) in [6, 6.07) is 7.89. The average Bonchev–Trinajstić information content (AvgIpc) is 2.42. The smallest absolute Gasteiger partial charge is 0.335 e. The van der Waals surface area contributed by atoms with Crippen molar-refractivity contribution >= 4 is 17.6 Å². The first-order chi connectivity index (χ1) is 8.99. The van der Waals surface area contributed by atoms with Crippen molar-refractivity contribution in [2.24, 2.45) is 5.41 Å². The first-order valence-electron chi connectivity index (χ1n) is 6.05. The molecule has 1 amide bonds. The summed E-state index contributed by atoms with van der Waals surface area (Å²) in [5.41, 5.74) is -0.405. The molecule has 0 aliphatic rings. The van der Waals surface area contributed by atoms with Gasteiger partial charge in [-0.2, -0.15) is 5.26 Å². The Morgan fingerprint density at radius 1 is 1.26 bits per heavy atom. The molecule has 0 spiro atoms. The molecule has 0 unspecified atom stereocenters. The number of nitrogens with zero attached hydrogens (tertiary/aromatic N) is 1. The molecule has 0 heterocycles. The van der Waals surface area contributed by atoms with Gasteiger partial charge in [-0.15, -0.1) is 0 Å². The number of carbonyl (C=O) groups is 2. The van der Waals surface area contributed by atoms with Crippen LogP contribution >= 0.6 is 0 Å². The number of hydrogen-bond acceptors (Lipinski definition) is 3. The van der Waals surface area contributed by atoms with Gasteiger partial charge < -0.3 is 10.4 Å². The number of nitrogens with one attached hydrogen (secondary N) is 1. The fourth-order valence-corrected chi connectivity index (χ4v) is 1.73. The molecule has 2 N–H and O–H groups in total. The van der Waals surface area contributed by atoms with Gasteiger partial charge in [-0.25, -0.2) is 4.79 Å². The Morgan fingerprint density at radius 2 is 1.79 bits per heavy atom. The molecule has 0 saturated carbocycles. The van der Waals surface area contributed by atoms with Gasteiger partial charge in [0.05, 0.1) is 11.6 Å². The van der Waals surface area contributed by atoms with Gasteiger partial charge in [0.1, 0.15) is 5.41 Å². The third kappa shape index (κ3) is 3.10.